The molecule has 14 aromatic rings. The molecule has 0 atom stereocenters. The van der Waals surface area contributed by atoms with Gasteiger partial charge >= 0.3 is 0 Å². The first-order chi connectivity index (χ1) is 31.7. The van der Waals surface area contributed by atoms with Gasteiger partial charge in [-0.2, -0.15) is 0 Å². The lowest BCUT2D eigenvalue weighted by molar-refractivity contribution is 1.17. The maximum Gasteiger partial charge on any atom is 0.116 e. The molecule has 0 amide bonds. The smallest absolute Gasteiger partial charge is 0.116 e. The van der Waals surface area contributed by atoms with Crippen LogP contribution in [0.1, 0.15) is 0 Å². The molecule has 14 rings (SSSR count). The van der Waals surface area contributed by atoms with Crippen LogP contribution < -0.4 is 0 Å². The number of fused-ring (bicyclic) bond motifs is 12. The van der Waals surface area contributed by atoms with Crippen LogP contribution in [0.25, 0.3) is 125 Å². The summed E-state index contributed by atoms with van der Waals surface area (Å²) in [5.41, 5.74) is 15.8. The molecule has 0 saturated heterocycles. The summed E-state index contributed by atoms with van der Waals surface area (Å²) < 4.78 is 9.44. The van der Waals surface area contributed by atoms with E-state index >= 15 is 0 Å². The number of aromatic nitrogens is 5. The summed E-state index contributed by atoms with van der Waals surface area (Å²) in [7, 11) is 0. The molecule has 0 saturated carbocycles. The Morgan fingerprint density at radius 1 is 0.312 bits per heavy atom. The zero-order chi connectivity index (χ0) is 41.9. The second-order valence-electron chi connectivity index (χ2n) is 16.6. The van der Waals surface area contributed by atoms with E-state index < -0.39 is 0 Å². The van der Waals surface area contributed by atoms with Gasteiger partial charge in [0.2, 0.25) is 0 Å². The van der Waals surface area contributed by atoms with Crippen molar-refractivity contribution in [1.29, 1.82) is 0 Å². The molecular weight excluding hydrogens is 799 g/mol. The van der Waals surface area contributed by atoms with Crippen molar-refractivity contribution in [3.8, 4) is 39.4 Å². The number of benzene rings is 9. The van der Waals surface area contributed by atoms with Crippen LogP contribution in [0.5, 0.6) is 0 Å². The van der Waals surface area contributed by atoms with E-state index in [9.17, 15) is 0 Å². The van der Waals surface area contributed by atoms with Crippen LogP contribution in [0.3, 0.4) is 0 Å². The zero-order valence-electron chi connectivity index (χ0n) is 34.4. The molecule has 0 radical (unpaired) electrons. The molecule has 5 aromatic heterocycles. The van der Waals surface area contributed by atoms with Gasteiger partial charge in [-0.05, 0) is 96.1 Å². The summed E-state index contributed by atoms with van der Waals surface area (Å²) in [6.07, 6.45) is 1.73. The Morgan fingerprint density at radius 3 is 1.55 bits per heavy atom. The molecule has 5 nitrogen and oxygen atoms in total. The van der Waals surface area contributed by atoms with Crippen LogP contribution in [0, 0.1) is 0 Å². The van der Waals surface area contributed by atoms with Gasteiger partial charge in [-0.1, -0.05) is 121 Å². The van der Waals surface area contributed by atoms with E-state index in [0.717, 1.165) is 49.4 Å². The number of hydrogen-bond acceptors (Lipinski definition) is 3. The summed E-state index contributed by atoms with van der Waals surface area (Å²) in [5, 5.41) is 8.58. The van der Waals surface area contributed by atoms with E-state index in [1.165, 1.54) is 75.7 Å². The highest BCUT2D eigenvalue weighted by molar-refractivity contribution is 7.26. The fraction of sp³-hybridized carbons (Fsp3) is 0. The first kappa shape index (κ1) is 35.3. The van der Waals surface area contributed by atoms with E-state index in [-0.39, 0.29) is 0 Å². The Bertz CT molecular complexity index is 4150. The molecule has 0 aliphatic heterocycles. The van der Waals surface area contributed by atoms with Crippen LogP contribution in [0.2, 0.25) is 0 Å². The Morgan fingerprint density at radius 2 is 0.844 bits per heavy atom. The quantitative estimate of drug-likeness (QED) is 0.173. The fourth-order valence-corrected chi connectivity index (χ4v) is 11.5. The minimum absolute atomic E-state index is 0.941. The highest BCUT2D eigenvalue weighted by Gasteiger charge is 2.19. The molecule has 0 unspecified atom stereocenters. The third kappa shape index (κ3) is 5.11. The Labute approximate surface area is 371 Å². The maximum absolute atomic E-state index is 4.98. The Kier molecular flexibility index (Phi) is 7.49. The SMILES string of the molecule is c1ccc(-n2c3ccccc3c3cc(-c4ccc5c6ccccc6n(-c6cccc(-c7ncnc8c7sc7ccc(-n9c%10ccccc%10c%10ccccc%109)cc78)c6)c5c4)ccc32)cc1. The normalized spacial score (nSPS) is 12.1. The predicted molar refractivity (Wildman–Crippen MR) is 269 cm³/mol. The third-order valence-electron chi connectivity index (χ3n) is 13.1. The standard InChI is InChI=1S/C58H35N5S/c1-2-14-39(15-3-1)61-52-24-11-7-20-45(52)47-32-36(26-29-53(47)61)37-25-28-46-44-19-6-10-23-51(44)63(54(46)33-37)40-16-12-13-38(31-40)56-58-57(60-35-59-56)48-34-41(27-30-55(48)64-58)62-49-21-8-4-17-42(49)43-18-5-9-22-50(43)62/h1-35H. The van der Waals surface area contributed by atoms with Gasteiger partial charge in [-0.15, -0.1) is 11.3 Å². The van der Waals surface area contributed by atoms with Crippen molar-refractivity contribution in [3.63, 3.8) is 0 Å². The highest BCUT2D eigenvalue weighted by Crippen LogP contribution is 2.42. The van der Waals surface area contributed by atoms with Crippen molar-refractivity contribution in [1.82, 2.24) is 23.7 Å². The van der Waals surface area contributed by atoms with Crippen molar-refractivity contribution in [2.75, 3.05) is 0 Å². The minimum Gasteiger partial charge on any atom is -0.309 e. The Balaban J connectivity index is 0.908. The number of para-hydroxylation sites is 5. The number of rotatable bonds is 5. The van der Waals surface area contributed by atoms with Crippen molar-refractivity contribution in [3.05, 3.63) is 213 Å². The van der Waals surface area contributed by atoms with Crippen molar-refractivity contribution < 1.29 is 0 Å². The summed E-state index contributed by atoms with van der Waals surface area (Å²) in [6, 6.07) is 74.9. The largest absolute Gasteiger partial charge is 0.309 e. The van der Waals surface area contributed by atoms with Crippen LogP contribution in [-0.2, 0) is 0 Å². The van der Waals surface area contributed by atoms with Crippen LogP contribution in [-0.4, -0.2) is 23.7 Å². The molecule has 0 spiro atoms. The second-order valence-corrected chi connectivity index (χ2v) is 17.7. The average Bonchev–Trinajstić information content (AvgIpc) is 4.10. The fourth-order valence-electron chi connectivity index (χ4n) is 10.3. The van der Waals surface area contributed by atoms with Crippen molar-refractivity contribution in [2.24, 2.45) is 0 Å². The minimum atomic E-state index is 0.941. The zero-order valence-corrected chi connectivity index (χ0v) is 35.2. The average molecular weight is 834 g/mol. The molecule has 5 heterocycles. The van der Waals surface area contributed by atoms with E-state index in [1.54, 1.807) is 17.7 Å². The second kappa shape index (κ2) is 13.6. The molecule has 0 aliphatic carbocycles. The lowest BCUT2D eigenvalue weighted by atomic mass is 10.0. The van der Waals surface area contributed by atoms with Crippen LogP contribution in [0.15, 0.2) is 213 Å². The highest BCUT2D eigenvalue weighted by atomic mass is 32.1. The Hall–Kier alpha value is -8.32. The lowest BCUT2D eigenvalue weighted by Crippen LogP contribution is -1.95. The number of hydrogen-bond donors (Lipinski definition) is 0. The molecule has 6 heteroatoms. The monoisotopic (exact) mass is 833 g/mol. The molecular formula is C58H35N5S. The van der Waals surface area contributed by atoms with Gasteiger partial charge < -0.3 is 13.7 Å². The maximum atomic E-state index is 4.98. The van der Waals surface area contributed by atoms with Gasteiger partial charge in [-0.3, -0.25) is 0 Å². The van der Waals surface area contributed by atoms with Gasteiger partial charge in [0.15, 0.2) is 0 Å². The lowest BCUT2D eigenvalue weighted by Gasteiger charge is -2.11. The first-order valence-electron chi connectivity index (χ1n) is 21.6. The van der Waals surface area contributed by atoms with Gasteiger partial charge in [0, 0.05) is 65.0 Å². The molecule has 0 N–H and O–H groups in total. The van der Waals surface area contributed by atoms with Crippen LogP contribution >= 0.6 is 11.3 Å². The van der Waals surface area contributed by atoms with Gasteiger partial charge in [-0.25, -0.2) is 9.97 Å². The summed E-state index contributed by atoms with van der Waals surface area (Å²) in [5.74, 6) is 0. The van der Waals surface area contributed by atoms with E-state index in [2.05, 4.69) is 220 Å². The van der Waals surface area contributed by atoms with E-state index in [4.69, 9.17) is 9.97 Å². The predicted octanol–water partition coefficient (Wildman–Crippen LogP) is 15.5. The summed E-state index contributed by atoms with van der Waals surface area (Å²) >= 11 is 1.76. The topological polar surface area (TPSA) is 40.6 Å². The number of thiophene rings is 1. The van der Waals surface area contributed by atoms with Crippen LogP contribution in [0.4, 0.5) is 0 Å². The van der Waals surface area contributed by atoms with Crippen molar-refractivity contribution >= 4 is 97.1 Å². The molecule has 9 aromatic carbocycles. The molecule has 64 heavy (non-hydrogen) atoms. The third-order valence-corrected chi connectivity index (χ3v) is 14.3. The molecule has 0 aliphatic rings. The van der Waals surface area contributed by atoms with Gasteiger partial charge in [0.25, 0.3) is 0 Å². The number of nitrogens with zero attached hydrogens (tertiary/aromatic N) is 5. The molecule has 298 valence electrons. The first-order valence-corrected chi connectivity index (χ1v) is 22.5. The molecule has 0 bridgehead atoms. The van der Waals surface area contributed by atoms with Gasteiger partial charge in [0.1, 0.15) is 6.33 Å². The van der Waals surface area contributed by atoms with Gasteiger partial charge in [0.05, 0.1) is 49.0 Å². The van der Waals surface area contributed by atoms with E-state index in [0.29, 0.717) is 0 Å². The molecule has 0 fully saturated rings. The van der Waals surface area contributed by atoms with E-state index in [1.807, 2.05) is 0 Å². The summed E-state index contributed by atoms with van der Waals surface area (Å²) in [4.78, 5) is 9.91. The summed E-state index contributed by atoms with van der Waals surface area (Å²) in [6.45, 7) is 0. The van der Waals surface area contributed by atoms with Crippen molar-refractivity contribution in [2.45, 2.75) is 0 Å².